The fourth-order valence-electron chi connectivity index (χ4n) is 1.64. The Bertz CT molecular complexity index is 640. The summed E-state index contributed by atoms with van der Waals surface area (Å²) in [4.78, 5) is 30.8. The summed E-state index contributed by atoms with van der Waals surface area (Å²) in [6.45, 7) is 0. The molecule has 0 aliphatic carbocycles. The standard InChI is InChI=1S/C13H10N2O4/c1-19-13(18)9-5-3-7-15-11(9)10-8(12(16)17)4-2-6-14-10/h2-7H,1H3,(H,16,17). The number of pyridine rings is 2. The highest BCUT2D eigenvalue weighted by atomic mass is 16.5. The summed E-state index contributed by atoms with van der Waals surface area (Å²) in [5.74, 6) is -1.73. The van der Waals surface area contributed by atoms with Crippen LogP contribution in [0.3, 0.4) is 0 Å². The number of carboxylic acids is 1. The van der Waals surface area contributed by atoms with E-state index in [9.17, 15) is 9.59 Å². The summed E-state index contributed by atoms with van der Waals surface area (Å²) in [5.41, 5.74) is 0.473. The van der Waals surface area contributed by atoms with Gasteiger partial charge in [0.05, 0.1) is 18.2 Å². The molecule has 0 saturated heterocycles. The molecule has 0 fully saturated rings. The van der Waals surface area contributed by atoms with Crippen molar-refractivity contribution in [3.63, 3.8) is 0 Å². The van der Waals surface area contributed by atoms with Gasteiger partial charge >= 0.3 is 11.9 Å². The minimum Gasteiger partial charge on any atom is -0.478 e. The van der Waals surface area contributed by atoms with Gasteiger partial charge in [-0.1, -0.05) is 0 Å². The van der Waals surface area contributed by atoms with Crippen LogP contribution in [0, 0.1) is 0 Å². The van der Waals surface area contributed by atoms with E-state index in [1.54, 1.807) is 6.07 Å². The Morgan fingerprint density at radius 1 is 1.05 bits per heavy atom. The molecule has 19 heavy (non-hydrogen) atoms. The van der Waals surface area contributed by atoms with Crippen molar-refractivity contribution in [2.45, 2.75) is 0 Å². The Balaban J connectivity index is 2.66. The molecule has 0 bridgehead atoms. The molecule has 0 unspecified atom stereocenters. The topological polar surface area (TPSA) is 89.4 Å². The molecule has 0 radical (unpaired) electrons. The number of hydrogen-bond donors (Lipinski definition) is 1. The zero-order valence-electron chi connectivity index (χ0n) is 10.0. The lowest BCUT2D eigenvalue weighted by atomic mass is 10.1. The van der Waals surface area contributed by atoms with Crippen LogP contribution < -0.4 is 0 Å². The fraction of sp³-hybridized carbons (Fsp3) is 0.0769. The van der Waals surface area contributed by atoms with Gasteiger partial charge in [-0.15, -0.1) is 0 Å². The molecule has 2 rings (SSSR count). The van der Waals surface area contributed by atoms with Gasteiger partial charge in [-0.2, -0.15) is 0 Å². The minimum absolute atomic E-state index is 0.0219. The fourth-order valence-corrected chi connectivity index (χ4v) is 1.64. The van der Waals surface area contributed by atoms with Crippen molar-refractivity contribution in [2.75, 3.05) is 7.11 Å². The molecule has 96 valence electrons. The van der Waals surface area contributed by atoms with Crippen molar-refractivity contribution in [3.05, 3.63) is 47.8 Å². The molecule has 6 nitrogen and oxygen atoms in total. The van der Waals surface area contributed by atoms with Crippen LogP contribution in [-0.2, 0) is 4.74 Å². The summed E-state index contributed by atoms with van der Waals surface area (Å²) in [6.07, 6.45) is 2.90. The lowest BCUT2D eigenvalue weighted by Crippen LogP contribution is -2.08. The van der Waals surface area contributed by atoms with E-state index in [4.69, 9.17) is 5.11 Å². The van der Waals surface area contributed by atoms with Crippen molar-refractivity contribution in [2.24, 2.45) is 0 Å². The number of aromatic nitrogens is 2. The summed E-state index contributed by atoms with van der Waals surface area (Å²) in [5, 5.41) is 9.13. The summed E-state index contributed by atoms with van der Waals surface area (Å²) in [6, 6.07) is 5.99. The molecular weight excluding hydrogens is 248 g/mol. The van der Waals surface area contributed by atoms with Gasteiger partial charge in [0.25, 0.3) is 0 Å². The second kappa shape index (κ2) is 5.26. The number of ether oxygens (including phenoxy) is 1. The summed E-state index contributed by atoms with van der Waals surface area (Å²) >= 11 is 0. The van der Waals surface area contributed by atoms with Crippen LogP contribution in [-0.4, -0.2) is 34.1 Å². The second-order valence-electron chi connectivity index (χ2n) is 3.60. The maximum atomic E-state index is 11.7. The smallest absolute Gasteiger partial charge is 0.340 e. The second-order valence-corrected chi connectivity index (χ2v) is 3.60. The van der Waals surface area contributed by atoms with Crippen molar-refractivity contribution in [1.29, 1.82) is 0 Å². The van der Waals surface area contributed by atoms with Gasteiger partial charge in [-0.3, -0.25) is 9.97 Å². The van der Waals surface area contributed by atoms with Crippen LogP contribution in [0.25, 0.3) is 11.4 Å². The predicted molar refractivity (Wildman–Crippen MR) is 65.8 cm³/mol. The Morgan fingerprint density at radius 3 is 2.11 bits per heavy atom. The third-order valence-electron chi connectivity index (χ3n) is 2.48. The number of carboxylic acid groups (broad SMARTS) is 1. The highest BCUT2D eigenvalue weighted by Crippen LogP contribution is 2.23. The van der Waals surface area contributed by atoms with Crippen LogP contribution in [0.15, 0.2) is 36.7 Å². The minimum atomic E-state index is -1.13. The van der Waals surface area contributed by atoms with E-state index in [0.29, 0.717) is 0 Å². The molecular formula is C13H10N2O4. The van der Waals surface area contributed by atoms with Crippen LogP contribution in [0.2, 0.25) is 0 Å². The van der Waals surface area contributed by atoms with Crippen molar-refractivity contribution in [3.8, 4) is 11.4 Å². The maximum absolute atomic E-state index is 11.7. The molecule has 2 aromatic heterocycles. The van der Waals surface area contributed by atoms with Crippen molar-refractivity contribution < 1.29 is 19.4 Å². The van der Waals surface area contributed by atoms with Crippen molar-refractivity contribution in [1.82, 2.24) is 9.97 Å². The first-order chi connectivity index (χ1) is 9.15. The SMILES string of the molecule is COC(=O)c1cccnc1-c1ncccc1C(=O)O. The zero-order valence-corrected chi connectivity index (χ0v) is 10.0. The quantitative estimate of drug-likeness (QED) is 0.841. The van der Waals surface area contributed by atoms with Gasteiger partial charge in [-0.25, -0.2) is 9.59 Å². The maximum Gasteiger partial charge on any atom is 0.340 e. The van der Waals surface area contributed by atoms with E-state index < -0.39 is 11.9 Å². The van der Waals surface area contributed by atoms with Gasteiger partial charge in [0.2, 0.25) is 0 Å². The van der Waals surface area contributed by atoms with Gasteiger partial charge in [0.15, 0.2) is 0 Å². The molecule has 0 spiro atoms. The molecule has 0 aromatic carbocycles. The van der Waals surface area contributed by atoms with E-state index in [1.165, 1.54) is 37.7 Å². The largest absolute Gasteiger partial charge is 0.478 e. The molecule has 0 saturated carbocycles. The average molecular weight is 258 g/mol. The van der Waals surface area contributed by atoms with Gasteiger partial charge in [0, 0.05) is 12.4 Å². The first-order valence-electron chi connectivity index (χ1n) is 5.37. The molecule has 0 aliphatic rings. The Labute approximate surface area is 108 Å². The third-order valence-corrected chi connectivity index (χ3v) is 2.48. The number of esters is 1. The molecule has 0 atom stereocenters. The Hall–Kier alpha value is -2.76. The molecule has 6 heteroatoms. The van der Waals surface area contributed by atoms with Crippen molar-refractivity contribution >= 4 is 11.9 Å². The highest BCUT2D eigenvalue weighted by molar-refractivity contribution is 6.00. The van der Waals surface area contributed by atoms with Crippen LogP contribution in [0.5, 0.6) is 0 Å². The number of rotatable bonds is 3. The number of methoxy groups -OCH3 is 1. The van der Waals surface area contributed by atoms with E-state index in [1.807, 2.05) is 0 Å². The monoisotopic (exact) mass is 258 g/mol. The highest BCUT2D eigenvalue weighted by Gasteiger charge is 2.20. The number of carbonyl (C=O) groups excluding carboxylic acids is 1. The lowest BCUT2D eigenvalue weighted by molar-refractivity contribution is 0.0599. The first kappa shape index (κ1) is 12.7. The Morgan fingerprint density at radius 2 is 1.58 bits per heavy atom. The number of hydrogen-bond acceptors (Lipinski definition) is 5. The summed E-state index contributed by atoms with van der Waals surface area (Å²) < 4.78 is 4.64. The zero-order chi connectivity index (χ0) is 13.8. The first-order valence-corrected chi connectivity index (χ1v) is 5.37. The predicted octanol–water partition coefficient (Wildman–Crippen LogP) is 1.63. The molecule has 2 heterocycles. The molecule has 2 aromatic rings. The van der Waals surface area contributed by atoms with E-state index in [2.05, 4.69) is 14.7 Å². The summed E-state index contributed by atoms with van der Waals surface area (Å²) in [7, 11) is 1.25. The average Bonchev–Trinajstić information content (AvgIpc) is 2.46. The van der Waals surface area contributed by atoms with Crippen LogP contribution in [0.4, 0.5) is 0 Å². The van der Waals surface area contributed by atoms with E-state index in [0.717, 1.165) is 0 Å². The van der Waals surface area contributed by atoms with Crippen LogP contribution in [0.1, 0.15) is 20.7 Å². The number of aromatic carboxylic acids is 1. The molecule has 0 amide bonds. The molecule has 0 aliphatic heterocycles. The van der Waals surface area contributed by atoms with E-state index >= 15 is 0 Å². The Kier molecular flexibility index (Phi) is 3.51. The molecule has 1 N–H and O–H groups in total. The van der Waals surface area contributed by atoms with Gasteiger partial charge in [-0.05, 0) is 24.3 Å². The normalized spacial score (nSPS) is 9.95. The lowest BCUT2D eigenvalue weighted by Gasteiger charge is -2.08. The van der Waals surface area contributed by atoms with Gasteiger partial charge < -0.3 is 9.84 Å². The number of nitrogens with zero attached hydrogens (tertiary/aromatic N) is 2. The van der Waals surface area contributed by atoms with Crippen LogP contribution >= 0.6 is 0 Å². The number of carbonyl (C=O) groups is 2. The van der Waals surface area contributed by atoms with Gasteiger partial charge in [0.1, 0.15) is 11.4 Å². The van der Waals surface area contributed by atoms with E-state index in [-0.39, 0.29) is 22.5 Å². The third kappa shape index (κ3) is 2.42.